The van der Waals surface area contributed by atoms with Gasteiger partial charge in [-0.15, -0.1) is 0 Å². The summed E-state index contributed by atoms with van der Waals surface area (Å²) in [5.74, 6) is -0.191. The molecule has 0 aliphatic carbocycles. The number of aryl methyl sites for hydroxylation is 1. The van der Waals surface area contributed by atoms with Crippen LogP contribution in [0, 0.1) is 6.92 Å². The zero-order valence-electron chi connectivity index (χ0n) is 7.81. The minimum Gasteiger partial charge on any atom is -0.493 e. The summed E-state index contributed by atoms with van der Waals surface area (Å²) in [6, 6.07) is -0.873. The standard InChI is InChI=1S/C7H9N5O3/c1-3-10-5(13)4(6(14)11-3)2-9-12-7(8)15/h2H,1H3,(H3,8,12,15)(H2,10,11,13,14)/b9-2+. The van der Waals surface area contributed by atoms with Crippen molar-refractivity contribution < 1.29 is 9.90 Å². The highest BCUT2D eigenvalue weighted by Crippen LogP contribution is 2.04. The van der Waals surface area contributed by atoms with Crippen molar-refractivity contribution in [3.05, 3.63) is 21.7 Å². The van der Waals surface area contributed by atoms with E-state index < -0.39 is 17.5 Å². The number of nitrogens with two attached hydrogens (primary N) is 1. The second-order valence-electron chi connectivity index (χ2n) is 2.62. The van der Waals surface area contributed by atoms with E-state index in [2.05, 4.69) is 15.1 Å². The molecule has 5 N–H and O–H groups in total. The third-order valence-corrected chi connectivity index (χ3v) is 1.42. The maximum Gasteiger partial charge on any atom is 0.332 e. The number of H-pyrrole nitrogens is 1. The maximum absolute atomic E-state index is 11.2. The number of amides is 2. The molecule has 0 fully saturated rings. The van der Waals surface area contributed by atoms with Gasteiger partial charge >= 0.3 is 6.03 Å². The van der Waals surface area contributed by atoms with E-state index in [9.17, 15) is 14.7 Å². The molecule has 0 saturated carbocycles. The highest BCUT2D eigenvalue weighted by atomic mass is 16.3. The van der Waals surface area contributed by atoms with Crippen molar-refractivity contribution in [2.45, 2.75) is 6.92 Å². The Morgan fingerprint density at radius 1 is 1.73 bits per heavy atom. The Kier molecular flexibility index (Phi) is 3.01. The van der Waals surface area contributed by atoms with Gasteiger partial charge in [-0.2, -0.15) is 5.10 Å². The lowest BCUT2D eigenvalue weighted by atomic mass is 10.3. The zero-order chi connectivity index (χ0) is 11.4. The third kappa shape index (κ3) is 2.79. The normalized spacial score (nSPS) is 10.5. The minimum atomic E-state index is -0.873. The Hall–Kier alpha value is -2.38. The van der Waals surface area contributed by atoms with Gasteiger partial charge in [-0.3, -0.25) is 4.79 Å². The van der Waals surface area contributed by atoms with Crippen LogP contribution in [-0.2, 0) is 0 Å². The number of hydrazone groups is 1. The first-order valence-corrected chi connectivity index (χ1v) is 3.89. The molecule has 0 aliphatic rings. The highest BCUT2D eigenvalue weighted by Gasteiger charge is 2.06. The van der Waals surface area contributed by atoms with Gasteiger partial charge in [0.2, 0.25) is 5.88 Å². The maximum atomic E-state index is 11.2. The molecule has 80 valence electrons. The first-order chi connectivity index (χ1) is 7.00. The van der Waals surface area contributed by atoms with Gasteiger partial charge in [-0.1, -0.05) is 0 Å². The summed E-state index contributed by atoms with van der Waals surface area (Å²) in [4.78, 5) is 27.4. The van der Waals surface area contributed by atoms with Gasteiger partial charge < -0.3 is 15.8 Å². The lowest BCUT2D eigenvalue weighted by Gasteiger charge is -1.97. The Morgan fingerprint density at radius 3 is 2.93 bits per heavy atom. The summed E-state index contributed by atoms with van der Waals surface area (Å²) < 4.78 is 0. The largest absolute Gasteiger partial charge is 0.493 e. The number of nitrogens with one attached hydrogen (secondary N) is 2. The van der Waals surface area contributed by atoms with Crippen molar-refractivity contribution in [3.63, 3.8) is 0 Å². The van der Waals surface area contributed by atoms with E-state index in [-0.39, 0.29) is 11.4 Å². The third-order valence-electron chi connectivity index (χ3n) is 1.42. The molecule has 2 amide bonds. The fourth-order valence-corrected chi connectivity index (χ4v) is 0.857. The molecule has 1 aromatic rings. The first-order valence-electron chi connectivity index (χ1n) is 3.89. The van der Waals surface area contributed by atoms with E-state index >= 15 is 0 Å². The van der Waals surface area contributed by atoms with Crippen LogP contribution in [0.2, 0.25) is 0 Å². The van der Waals surface area contributed by atoms with Crippen LogP contribution in [0.3, 0.4) is 0 Å². The summed E-state index contributed by atoms with van der Waals surface area (Å²) in [7, 11) is 0. The fraction of sp³-hybridized carbons (Fsp3) is 0.143. The first kappa shape index (κ1) is 10.7. The average molecular weight is 211 g/mol. The smallest absolute Gasteiger partial charge is 0.332 e. The van der Waals surface area contributed by atoms with Crippen molar-refractivity contribution in [3.8, 4) is 5.88 Å². The van der Waals surface area contributed by atoms with E-state index in [0.717, 1.165) is 6.21 Å². The van der Waals surface area contributed by atoms with Crippen LogP contribution >= 0.6 is 0 Å². The number of aromatic amines is 1. The summed E-state index contributed by atoms with van der Waals surface area (Å²) >= 11 is 0. The summed E-state index contributed by atoms with van der Waals surface area (Å²) in [6.07, 6.45) is 0.950. The quantitative estimate of drug-likeness (QED) is 0.360. The molecule has 0 aliphatic heterocycles. The second-order valence-corrected chi connectivity index (χ2v) is 2.62. The van der Waals surface area contributed by atoms with Crippen LogP contribution in [0.15, 0.2) is 9.90 Å². The zero-order valence-corrected chi connectivity index (χ0v) is 7.81. The molecule has 0 unspecified atom stereocenters. The Balaban J connectivity index is 3.00. The van der Waals surface area contributed by atoms with Crippen LogP contribution in [0.5, 0.6) is 5.88 Å². The molecule has 1 heterocycles. The number of nitrogens with zero attached hydrogens (tertiary/aromatic N) is 2. The Bertz CT molecular complexity index is 464. The van der Waals surface area contributed by atoms with Gasteiger partial charge in [-0.25, -0.2) is 15.2 Å². The van der Waals surface area contributed by atoms with Crippen molar-refractivity contribution in [1.82, 2.24) is 15.4 Å². The SMILES string of the molecule is Cc1nc(O)c(/C=N/NC(N)=O)c(=O)[nH]1. The van der Waals surface area contributed by atoms with Crippen LogP contribution < -0.4 is 16.7 Å². The van der Waals surface area contributed by atoms with Gasteiger partial charge in [0.05, 0.1) is 6.21 Å². The van der Waals surface area contributed by atoms with Gasteiger partial charge in [-0.05, 0) is 6.92 Å². The molecule has 8 heteroatoms. The molecular weight excluding hydrogens is 202 g/mol. The van der Waals surface area contributed by atoms with Crippen molar-refractivity contribution in [1.29, 1.82) is 0 Å². The van der Waals surface area contributed by atoms with Crippen LogP contribution in [0.4, 0.5) is 4.79 Å². The number of hydrogen-bond acceptors (Lipinski definition) is 5. The van der Waals surface area contributed by atoms with E-state index in [0.29, 0.717) is 0 Å². The molecule has 0 aromatic carbocycles. The van der Waals surface area contributed by atoms with Gasteiger partial charge in [0.15, 0.2) is 0 Å². The number of aromatic hydroxyl groups is 1. The van der Waals surface area contributed by atoms with Gasteiger partial charge in [0.25, 0.3) is 5.56 Å². The number of primary amides is 1. The number of carbonyl (C=O) groups is 1. The van der Waals surface area contributed by atoms with E-state index in [1.807, 2.05) is 5.43 Å². The molecule has 0 spiro atoms. The lowest BCUT2D eigenvalue weighted by molar-refractivity contribution is 0.249. The monoisotopic (exact) mass is 211 g/mol. The molecule has 1 rings (SSSR count). The van der Waals surface area contributed by atoms with Crippen molar-refractivity contribution in [2.24, 2.45) is 10.8 Å². The molecule has 0 atom stereocenters. The van der Waals surface area contributed by atoms with Crippen LogP contribution in [0.25, 0.3) is 0 Å². The molecule has 8 nitrogen and oxygen atoms in total. The average Bonchev–Trinajstić information content (AvgIpc) is 2.08. The number of rotatable bonds is 2. The van der Waals surface area contributed by atoms with E-state index in [1.54, 1.807) is 0 Å². The Labute approximate surface area is 83.8 Å². The summed E-state index contributed by atoms with van der Waals surface area (Å²) in [6.45, 7) is 1.52. The summed E-state index contributed by atoms with van der Waals surface area (Å²) in [5, 5.41) is 12.6. The number of hydrogen-bond donors (Lipinski definition) is 4. The predicted molar refractivity (Wildman–Crippen MR) is 51.6 cm³/mol. The molecule has 0 saturated heterocycles. The molecule has 0 bridgehead atoms. The molecular formula is C7H9N5O3. The Morgan fingerprint density at radius 2 is 2.40 bits per heavy atom. The topological polar surface area (TPSA) is 133 Å². The molecule has 15 heavy (non-hydrogen) atoms. The van der Waals surface area contributed by atoms with Gasteiger partial charge in [0, 0.05) is 0 Å². The van der Waals surface area contributed by atoms with Gasteiger partial charge in [0.1, 0.15) is 11.4 Å². The molecule has 0 radical (unpaired) electrons. The minimum absolute atomic E-state index is 0.158. The van der Waals surface area contributed by atoms with Crippen LogP contribution in [-0.4, -0.2) is 27.3 Å². The highest BCUT2D eigenvalue weighted by molar-refractivity contribution is 5.83. The van der Waals surface area contributed by atoms with Crippen molar-refractivity contribution in [2.75, 3.05) is 0 Å². The molecule has 1 aromatic heterocycles. The van der Waals surface area contributed by atoms with Crippen LogP contribution in [0.1, 0.15) is 11.4 Å². The number of carbonyl (C=O) groups excluding carboxylic acids is 1. The second kappa shape index (κ2) is 4.22. The predicted octanol–water partition coefficient (Wildman–Crippen LogP) is -1.21. The number of aromatic nitrogens is 2. The number of urea groups is 1. The van der Waals surface area contributed by atoms with E-state index in [4.69, 9.17) is 5.73 Å². The van der Waals surface area contributed by atoms with Crippen molar-refractivity contribution >= 4 is 12.2 Å². The fourth-order valence-electron chi connectivity index (χ4n) is 0.857. The lowest BCUT2D eigenvalue weighted by Crippen LogP contribution is -2.25. The van der Waals surface area contributed by atoms with E-state index in [1.165, 1.54) is 6.92 Å². The summed E-state index contributed by atoms with van der Waals surface area (Å²) in [5.41, 5.74) is 5.89.